The molecular formula is C12H11ClN2O3. The van der Waals surface area contributed by atoms with Gasteiger partial charge in [0, 0.05) is 13.2 Å². The van der Waals surface area contributed by atoms with Gasteiger partial charge in [-0.15, -0.1) is 0 Å². The normalized spacial score (nSPS) is 10.3. The zero-order chi connectivity index (χ0) is 13.1. The third-order valence-electron chi connectivity index (χ3n) is 2.33. The molecule has 0 aliphatic rings. The maximum Gasteiger partial charge on any atom is 0.341 e. The lowest BCUT2D eigenvalue weighted by molar-refractivity contribution is 0.0692. The second-order valence-electron chi connectivity index (χ2n) is 3.69. The first-order valence-electron chi connectivity index (χ1n) is 5.21. The highest BCUT2D eigenvalue weighted by Crippen LogP contribution is 2.26. The fourth-order valence-electron chi connectivity index (χ4n) is 1.52. The zero-order valence-corrected chi connectivity index (χ0v) is 10.4. The molecule has 0 spiro atoms. The molecule has 1 aromatic heterocycles. The third kappa shape index (κ3) is 2.62. The van der Waals surface area contributed by atoms with Gasteiger partial charge in [0.2, 0.25) is 0 Å². The molecule has 0 radical (unpaired) electrons. The number of halogens is 1. The average molecular weight is 267 g/mol. The highest BCUT2D eigenvalue weighted by molar-refractivity contribution is 6.33. The van der Waals surface area contributed by atoms with E-state index < -0.39 is 5.97 Å². The molecular weight excluding hydrogens is 256 g/mol. The van der Waals surface area contributed by atoms with Gasteiger partial charge in [-0.3, -0.25) is 4.68 Å². The first kappa shape index (κ1) is 12.4. The van der Waals surface area contributed by atoms with Crippen LogP contribution in [-0.4, -0.2) is 20.9 Å². The number of carboxylic acids is 1. The molecule has 5 nitrogen and oxygen atoms in total. The number of carbonyl (C=O) groups is 1. The minimum Gasteiger partial charge on any atom is -0.486 e. The molecule has 0 bridgehead atoms. The highest BCUT2D eigenvalue weighted by Gasteiger charge is 2.15. The van der Waals surface area contributed by atoms with Crippen molar-refractivity contribution in [3.8, 4) is 5.75 Å². The summed E-state index contributed by atoms with van der Waals surface area (Å²) in [6.45, 7) is 0.196. The van der Waals surface area contributed by atoms with E-state index >= 15 is 0 Å². The molecule has 0 aliphatic heterocycles. The van der Waals surface area contributed by atoms with Crippen molar-refractivity contribution >= 4 is 17.6 Å². The molecule has 94 valence electrons. The summed E-state index contributed by atoms with van der Waals surface area (Å²) in [5.74, 6) is -0.878. The molecule has 6 heteroatoms. The van der Waals surface area contributed by atoms with E-state index in [-0.39, 0.29) is 22.9 Å². The van der Waals surface area contributed by atoms with E-state index in [9.17, 15) is 4.79 Å². The van der Waals surface area contributed by atoms with Crippen molar-refractivity contribution < 1.29 is 14.6 Å². The molecule has 18 heavy (non-hydrogen) atoms. The molecule has 0 saturated carbocycles. The minimum atomic E-state index is -1.11. The molecule has 0 fully saturated rings. The quantitative estimate of drug-likeness (QED) is 0.923. The van der Waals surface area contributed by atoms with Crippen molar-refractivity contribution in [3.63, 3.8) is 0 Å². The second-order valence-corrected chi connectivity index (χ2v) is 4.09. The van der Waals surface area contributed by atoms with Crippen molar-refractivity contribution in [2.24, 2.45) is 7.05 Å². The molecule has 1 heterocycles. The van der Waals surface area contributed by atoms with Gasteiger partial charge in [-0.1, -0.05) is 17.7 Å². The Morgan fingerprint density at radius 2 is 2.28 bits per heavy atom. The summed E-state index contributed by atoms with van der Waals surface area (Å²) in [4.78, 5) is 11.1. The van der Waals surface area contributed by atoms with Gasteiger partial charge in [-0.05, 0) is 18.2 Å². The monoisotopic (exact) mass is 266 g/mol. The lowest BCUT2D eigenvalue weighted by Crippen LogP contribution is -2.04. The van der Waals surface area contributed by atoms with Crippen LogP contribution in [0.25, 0.3) is 0 Å². The van der Waals surface area contributed by atoms with Gasteiger partial charge in [0.15, 0.2) is 0 Å². The molecule has 1 aromatic carbocycles. The summed E-state index contributed by atoms with van der Waals surface area (Å²) in [5.41, 5.74) is 0.684. The highest BCUT2D eigenvalue weighted by atomic mass is 35.5. The SMILES string of the molecule is Cn1ccc(COc2cccc(Cl)c2C(=O)O)n1. The van der Waals surface area contributed by atoms with Crippen LogP contribution in [-0.2, 0) is 13.7 Å². The Labute approximate surface area is 109 Å². The number of hydrogen-bond acceptors (Lipinski definition) is 3. The van der Waals surface area contributed by atoms with Gasteiger partial charge in [0.25, 0.3) is 0 Å². The maximum absolute atomic E-state index is 11.1. The number of hydrogen-bond donors (Lipinski definition) is 1. The van der Waals surface area contributed by atoms with Gasteiger partial charge >= 0.3 is 5.97 Å². The van der Waals surface area contributed by atoms with Crippen LogP contribution in [0.2, 0.25) is 5.02 Å². The van der Waals surface area contributed by atoms with E-state index in [0.29, 0.717) is 5.69 Å². The number of aryl methyl sites for hydroxylation is 1. The van der Waals surface area contributed by atoms with Gasteiger partial charge in [0.05, 0.1) is 10.7 Å². The van der Waals surface area contributed by atoms with Crippen LogP contribution in [0, 0.1) is 0 Å². The summed E-state index contributed by atoms with van der Waals surface area (Å²) >= 11 is 5.83. The predicted molar refractivity (Wildman–Crippen MR) is 66.0 cm³/mol. The van der Waals surface area contributed by atoms with Crippen LogP contribution in [0.4, 0.5) is 0 Å². The number of nitrogens with zero attached hydrogens (tertiary/aromatic N) is 2. The van der Waals surface area contributed by atoms with Gasteiger partial charge in [0.1, 0.15) is 17.9 Å². The molecule has 0 saturated heterocycles. The molecule has 2 rings (SSSR count). The smallest absolute Gasteiger partial charge is 0.341 e. The standard InChI is InChI=1S/C12H11ClN2O3/c1-15-6-5-8(14-15)7-18-10-4-2-3-9(13)11(10)12(16)17/h2-6H,7H2,1H3,(H,16,17). The van der Waals surface area contributed by atoms with E-state index in [1.54, 1.807) is 36.1 Å². The molecule has 2 aromatic rings. The van der Waals surface area contributed by atoms with Crippen LogP contribution < -0.4 is 4.74 Å². The number of aromatic nitrogens is 2. The molecule has 0 unspecified atom stereocenters. The van der Waals surface area contributed by atoms with Crippen molar-refractivity contribution in [2.75, 3.05) is 0 Å². The molecule has 1 N–H and O–H groups in total. The number of ether oxygens (including phenoxy) is 1. The van der Waals surface area contributed by atoms with Crippen molar-refractivity contribution in [3.05, 3.63) is 46.7 Å². The van der Waals surface area contributed by atoms with E-state index in [0.717, 1.165) is 0 Å². The fraction of sp³-hybridized carbons (Fsp3) is 0.167. The summed E-state index contributed by atoms with van der Waals surface area (Å²) in [7, 11) is 1.80. The first-order valence-corrected chi connectivity index (χ1v) is 5.59. The Hall–Kier alpha value is -2.01. The zero-order valence-electron chi connectivity index (χ0n) is 9.63. The van der Waals surface area contributed by atoms with Gasteiger partial charge < -0.3 is 9.84 Å². The topological polar surface area (TPSA) is 64.3 Å². The van der Waals surface area contributed by atoms with Crippen molar-refractivity contribution in [2.45, 2.75) is 6.61 Å². The van der Waals surface area contributed by atoms with Crippen LogP contribution in [0.15, 0.2) is 30.5 Å². The van der Waals surface area contributed by atoms with E-state index in [1.165, 1.54) is 6.07 Å². The maximum atomic E-state index is 11.1. The molecule has 0 atom stereocenters. The third-order valence-corrected chi connectivity index (χ3v) is 2.65. The van der Waals surface area contributed by atoms with E-state index in [1.807, 2.05) is 0 Å². The fourth-order valence-corrected chi connectivity index (χ4v) is 1.77. The number of carboxylic acid groups (broad SMARTS) is 1. The second kappa shape index (κ2) is 5.10. The lowest BCUT2D eigenvalue weighted by Gasteiger charge is -2.08. The Kier molecular flexibility index (Phi) is 3.53. The summed E-state index contributed by atoms with van der Waals surface area (Å²) in [6.07, 6.45) is 1.79. The Balaban J connectivity index is 2.19. The summed E-state index contributed by atoms with van der Waals surface area (Å²) in [6, 6.07) is 6.52. The number of benzene rings is 1. The van der Waals surface area contributed by atoms with Crippen molar-refractivity contribution in [1.82, 2.24) is 9.78 Å². The average Bonchev–Trinajstić information content (AvgIpc) is 2.72. The first-order chi connectivity index (χ1) is 8.58. The Bertz CT molecular complexity index is 580. The Morgan fingerprint density at radius 1 is 1.50 bits per heavy atom. The summed E-state index contributed by atoms with van der Waals surface area (Å²) < 4.78 is 7.09. The van der Waals surface area contributed by atoms with E-state index in [2.05, 4.69) is 5.10 Å². The van der Waals surface area contributed by atoms with Crippen LogP contribution in [0.1, 0.15) is 16.1 Å². The predicted octanol–water partition coefficient (Wildman–Crippen LogP) is 2.35. The van der Waals surface area contributed by atoms with E-state index in [4.69, 9.17) is 21.4 Å². The number of rotatable bonds is 4. The van der Waals surface area contributed by atoms with Crippen LogP contribution in [0.5, 0.6) is 5.75 Å². The largest absolute Gasteiger partial charge is 0.486 e. The van der Waals surface area contributed by atoms with Gasteiger partial charge in [-0.25, -0.2) is 4.79 Å². The molecule has 0 amide bonds. The Morgan fingerprint density at radius 3 is 2.89 bits per heavy atom. The van der Waals surface area contributed by atoms with Crippen molar-refractivity contribution in [1.29, 1.82) is 0 Å². The minimum absolute atomic E-state index is 0.0323. The van der Waals surface area contributed by atoms with Crippen LogP contribution >= 0.6 is 11.6 Å². The van der Waals surface area contributed by atoms with Gasteiger partial charge in [-0.2, -0.15) is 5.10 Å². The lowest BCUT2D eigenvalue weighted by atomic mass is 10.2. The van der Waals surface area contributed by atoms with Crippen LogP contribution in [0.3, 0.4) is 0 Å². The summed E-state index contributed by atoms with van der Waals surface area (Å²) in [5, 5.41) is 13.4. The molecule has 0 aliphatic carbocycles. The number of aromatic carboxylic acids is 1.